The SMILES string of the molecule is CCOc1ccccc1C(=O)NC1CCCC1C#N. The van der Waals surface area contributed by atoms with Gasteiger partial charge in [-0.15, -0.1) is 0 Å². The molecule has 0 bridgehead atoms. The fourth-order valence-corrected chi connectivity index (χ4v) is 2.47. The molecule has 0 aromatic heterocycles. The first-order valence-electron chi connectivity index (χ1n) is 6.68. The smallest absolute Gasteiger partial charge is 0.255 e. The molecule has 1 aliphatic carbocycles. The van der Waals surface area contributed by atoms with E-state index in [0.717, 1.165) is 19.3 Å². The minimum absolute atomic E-state index is 0.0350. The van der Waals surface area contributed by atoms with Gasteiger partial charge in [-0.2, -0.15) is 5.26 Å². The predicted octanol–water partition coefficient (Wildman–Crippen LogP) is 2.51. The zero-order chi connectivity index (χ0) is 13.7. The maximum atomic E-state index is 12.3. The highest BCUT2D eigenvalue weighted by Crippen LogP contribution is 2.26. The molecule has 1 aromatic rings. The lowest BCUT2D eigenvalue weighted by Gasteiger charge is -2.17. The van der Waals surface area contributed by atoms with Gasteiger partial charge in [-0.3, -0.25) is 4.79 Å². The van der Waals surface area contributed by atoms with Crippen LogP contribution in [0.15, 0.2) is 24.3 Å². The summed E-state index contributed by atoms with van der Waals surface area (Å²) in [6.07, 6.45) is 2.74. The molecule has 1 amide bonds. The Morgan fingerprint density at radius 3 is 3.00 bits per heavy atom. The second kappa shape index (κ2) is 6.24. The fraction of sp³-hybridized carbons (Fsp3) is 0.467. The van der Waals surface area contributed by atoms with Crippen LogP contribution in [0, 0.1) is 17.2 Å². The lowest BCUT2D eigenvalue weighted by atomic mass is 10.1. The monoisotopic (exact) mass is 258 g/mol. The zero-order valence-corrected chi connectivity index (χ0v) is 11.1. The Kier molecular flexibility index (Phi) is 4.40. The molecule has 1 aromatic carbocycles. The first kappa shape index (κ1) is 13.4. The highest BCUT2D eigenvalue weighted by Gasteiger charge is 2.29. The van der Waals surface area contributed by atoms with Crippen molar-refractivity contribution in [3.63, 3.8) is 0 Å². The summed E-state index contributed by atoms with van der Waals surface area (Å²) in [6, 6.07) is 9.42. The third kappa shape index (κ3) is 3.05. The van der Waals surface area contributed by atoms with Gasteiger partial charge in [0.25, 0.3) is 5.91 Å². The van der Waals surface area contributed by atoms with Crippen LogP contribution < -0.4 is 10.1 Å². The van der Waals surface area contributed by atoms with Crippen molar-refractivity contribution in [2.75, 3.05) is 6.61 Å². The number of carbonyl (C=O) groups is 1. The van der Waals surface area contributed by atoms with E-state index in [-0.39, 0.29) is 17.9 Å². The van der Waals surface area contributed by atoms with E-state index in [1.165, 1.54) is 0 Å². The van der Waals surface area contributed by atoms with Gasteiger partial charge >= 0.3 is 0 Å². The second-order valence-corrected chi connectivity index (χ2v) is 4.68. The number of rotatable bonds is 4. The number of ether oxygens (including phenoxy) is 1. The Morgan fingerprint density at radius 2 is 2.26 bits per heavy atom. The summed E-state index contributed by atoms with van der Waals surface area (Å²) in [4.78, 5) is 12.3. The molecule has 100 valence electrons. The summed E-state index contributed by atoms with van der Waals surface area (Å²) in [5.74, 6) is 0.369. The van der Waals surface area contributed by atoms with Gasteiger partial charge in [0.05, 0.1) is 24.2 Å². The van der Waals surface area contributed by atoms with Crippen LogP contribution in [-0.2, 0) is 0 Å². The molecule has 0 heterocycles. The van der Waals surface area contributed by atoms with E-state index in [1.54, 1.807) is 12.1 Å². The number of nitriles is 1. The van der Waals surface area contributed by atoms with Gasteiger partial charge in [0.15, 0.2) is 0 Å². The van der Waals surface area contributed by atoms with Crippen LogP contribution in [-0.4, -0.2) is 18.6 Å². The molecular weight excluding hydrogens is 240 g/mol. The number of amides is 1. The van der Waals surface area contributed by atoms with Crippen molar-refractivity contribution < 1.29 is 9.53 Å². The van der Waals surface area contributed by atoms with Crippen LogP contribution in [0.1, 0.15) is 36.5 Å². The Labute approximate surface area is 113 Å². The third-order valence-corrected chi connectivity index (χ3v) is 3.43. The Morgan fingerprint density at radius 1 is 1.47 bits per heavy atom. The molecule has 2 atom stereocenters. The van der Waals surface area contributed by atoms with E-state index in [2.05, 4.69) is 11.4 Å². The van der Waals surface area contributed by atoms with E-state index < -0.39 is 0 Å². The zero-order valence-electron chi connectivity index (χ0n) is 11.1. The van der Waals surface area contributed by atoms with Crippen molar-refractivity contribution in [2.45, 2.75) is 32.2 Å². The number of benzene rings is 1. The Hall–Kier alpha value is -2.02. The van der Waals surface area contributed by atoms with E-state index in [4.69, 9.17) is 10.00 Å². The summed E-state index contributed by atoms with van der Waals surface area (Å²) in [6.45, 7) is 2.41. The van der Waals surface area contributed by atoms with Crippen LogP contribution >= 0.6 is 0 Å². The first-order chi connectivity index (χ1) is 9.26. The standard InChI is InChI=1S/C15H18N2O2/c1-2-19-14-9-4-3-7-12(14)15(18)17-13-8-5-6-11(13)10-16/h3-4,7,9,11,13H,2,5-6,8H2,1H3,(H,17,18). The van der Waals surface area contributed by atoms with Gasteiger partial charge in [0.1, 0.15) is 5.75 Å². The molecule has 2 unspecified atom stereocenters. The fourth-order valence-electron chi connectivity index (χ4n) is 2.47. The third-order valence-electron chi connectivity index (χ3n) is 3.43. The average molecular weight is 258 g/mol. The topological polar surface area (TPSA) is 62.1 Å². The minimum Gasteiger partial charge on any atom is -0.493 e. The van der Waals surface area contributed by atoms with Gasteiger partial charge in [-0.1, -0.05) is 12.1 Å². The molecule has 19 heavy (non-hydrogen) atoms. The average Bonchev–Trinajstić information content (AvgIpc) is 2.87. The number of para-hydroxylation sites is 1. The number of nitrogens with one attached hydrogen (secondary N) is 1. The highest BCUT2D eigenvalue weighted by molar-refractivity contribution is 5.97. The van der Waals surface area contributed by atoms with E-state index >= 15 is 0 Å². The highest BCUT2D eigenvalue weighted by atomic mass is 16.5. The quantitative estimate of drug-likeness (QED) is 0.902. The van der Waals surface area contributed by atoms with Crippen molar-refractivity contribution in [3.8, 4) is 11.8 Å². The van der Waals surface area contributed by atoms with Gasteiger partial charge in [-0.25, -0.2) is 0 Å². The van der Waals surface area contributed by atoms with Crippen molar-refractivity contribution in [1.29, 1.82) is 5.26 Å². The van der Waals surface area contributed by atoms with Crippen molar-refractivity contribution in [3.05, 3.63) is 29.8 Å². The normalized spacial score (nSPS) is 21.7. The molecule has 1 fully saturated rings. The van der Waals surface area contributed by atoms with Gasteiger partial charge < -0.3 is 10.1 Å². The molecule has 1 aliphatic rings. The van der Waals surface area contributed by atoms with E-state index in [0.29, 0.717) is 17.9 Å². The van der Waals surface area contributed by atoms with Crippen molar-refractivity contribution in [2.24, 2.45) is 5.92 Å². The van der Waals surface area contributed by atoms with Crippen LogP contribution in [0.3, 0.4) is 0 Å². The summed E-state index contributed by atoms with van der Waals surface area (Å²) < 4.78 is 5.45. The van der Waals surface area contributed by atoms with Gasteiger partial charge in [0, 0.05) is 6.04 Å². The predicted molar refractivity (Wildman–Crippen MR) is 71.8 cm³/mol. The molecule has 0 aliphatic heterocycles. The van der Waals surface area contributed by atoms with E-state index in [1.807, 2.05) is 19.1 Å². The van der Waals surface area contributed by atoms with Crippen molar-refractivity contribution in [1.82, 2.24) is 5.32 Å². The number of carbonyl (C=O) groups excluding carboxylic acids is 1. The molecule has 0 radical (unpaired) electrons. The largest absolute Gasteiger partial charge is 0.493 e. The first-order valence-corrected chi connectivity index (χ1v) is 6.68. The van der Waals surface area contributed by atoms with Crippen LogP contribution in [0.5, 0.6) is 5.75 Å². The lowest BCUT2D eigenvalue weighted by Crippen LogP contribution is -2.37. The van der Waals surface area contributed by atoms with Gasteiger partial charge in [-0.05, 0) is 38.3 Å². The molecule has 2 rings (SSSR count). The molecule has 0 saturated heterocycles. The molecular formula is C15H18N2O2. The van der Waals surface area contributed by atoms with Crippen LogP contribution in [0.2, 0.25) is 0 Å². The van der Waals surface area contributed by atoms with Crippen LogP contribution in [0.4, 0.5) is 0 Å². The minimum atomic E-state index is -0.156. The summed E-state index contributed by atoms with van der Waals surface area (Å²) in [7, 11) is 0. The molecule has 1 N–H and O–H groups in total. The molecule has 0 spiro atoms. The number of hydrogen-bond acceptors (Lipinski definition) is 3. The Balaban J connectivity index is 2.10. The second-order valence-electron chi connectivity index (χ2n) is 4.68. The number of hydrogen-bond donors (Lipinski definition) is 1. The maximum Gasteiger partial charge on any atom is 0.255 e. The summed E-state index contributed by atoms with van der Waals surface area (Å²) >= 11 is 0. The lowest BCUT2D eigenvalue weighted by molar-refractivity contribution is 0.0929. The molecule has 1 saturated carbocycles. The van der Waals surface area contributed by atoms with Crippen molar-refractivity contribution >= 4 is 5.91 Å². The summed E-state index contributed by atoms with van der Waals surface area (Å²) in [5.41, 5.74) is 0.535. The van der Waals surface area contributed by atoms with E-state index in [9.17, 15) is 4.79 Å². The number of nitrogens with zero attached hydrogens (tertiary/aromatic N) is 1. The Bertz CT molecular complexity index is 493. The molecule has 4 nitrogen and oxygen atoms in total. The van der Waals surface area contributed by atoms with Crippen LogP contribution in [0.25, 0.3) is 0 Å². The summed E-state index contributed by atoms with van der Waals surface area (Å²) in [5, 5.41) is 12.0. The maximum absolute atomic E-state index is 12.3. The van der Waals surface area contributed by atoms with Gasteiger partial charge in [0.2, 0.25) is 0 Å². The molecule has 4 heteroatoms.